The molecule has 1 N–H and O–H groups in total. The average Bonchev–Trinajstić information content (AvgIpc) is 2.89. The highest BCUT2D eigenvalue weighted by atomic mass is 16.5. The molecule has 0 bridgehead atoms. The molecule has 4 aromatic carbocycles. The zero-order valence-corrected chi connectivity index (χ0v) is 18.7. The third-order valence-corrected chi connectivity index (χ3v) is 5.74. The second-order valence-electron chi connectivity index (χ2n) is 8.07. The van der Waals surface area contributed by atoms with Gasteiger partial charge in [0, 0.05) is 6.61 Å². The van der Waals surface area contributed by atoms with Crippen LogP contribution in [0.3, 0.4) is 0 Å². The van der Waals surface area contributed by atoms with Crippen molar-refractivity contribution in [2.45, 2.75) is 24.7 Å². The molecule has 168 valence electrons. The van der Waals surface area contributed by atoms with Gasteiger partial charge in [-0.3, -0.25) is 0 Å². The van der Waals surface area contributed by atoms with Crippen LogP contribution in [-0.2, 0) is 21.7 Å². The monoisotopic (exact) mass is 438 g/mol. The normalized spacial score (nSPS) is 12.4. The van der Waals surface area contributed by atoms with Gasteiger partial charge in [0.25, 0.3) is 0 Å². The Hall–Kier alpha value is -3.24. The van der Waals surface area contributed by atoms with Crippen LogP contribution < -0.4 is 0 Å². The molecule has 1 atom stereocenters. The van der Waals surface area contributed by atoms with Gasteiger partial charge in [-0.2, -0.15) is 0 Å². The summed E-state index contributed by atoms with van der Waals surface area (Å²) in [7, 11) is 0. The van der Waals surface area contributed by atoms with Crippen LogP contribution in [0.1, 0.15) is 28.7 Å². The average molecular weight is 439 g/mol. The van der Waals surface area contributed by atoms with Gasteiger partial charge >= 0.3 is 0 Å². The van der Waals surface area contributed by atoms with Crippen molar-refractivity contribution >= 4 is 0 Å². The van der Waals surface area contributed by atoms with Crippen molar-refractivity contribution in [3.63, 3.8) is 0 Å². The molecule has 0 fully saturated rings. The molecule has 0 saturated heterocycles. The molecule has 0 amide bonds. The lowest BCUT2D eigenvalue weighted by Crippen LogP contribution is -2.36. The predicted molar refractivity (Wildman–Crippen MR) is 132 cm³/mol. The van der Waals surface area contributed by atoms with Crippen LogP contribution in [0.15, 0.2) is 121 Å². The Bertz CT molecular complexity index is 970. The first-order valence-electron chi connectivity index (χ1n) is 11.4. The van der Waals surface area contributed by atoms with E-state index in [2.05, 4.69) is 36.4 Å². The van der Waals surface area contributed by atoms with E-state index in [0.29, 0.717) is 19.6 Å². The Labute approximate surface area is 196 Å². The molecule has 0 aliphatic carbocycles. The van der Waals surface area contributed by atoms with Crippen LogP contribution in [0.5, 0.6) is 0 Å². The van der Waals surface area contributed by atoms with Crippen LogP contribution in [-0.4, -0.2) is 24.4 Å². The fourth-order valence-corrected chi connectivity index (χ4v) is 4.06. The third-order valence-electron chi connectivity index (χ3n) is 5.74. The Morgan fingerprint density at radius 1 is 0.606 bits per heavy atom. The summed E-state index contributed by atoms with van der Waals surface area (Å²) in [6, 6.07) is 40.7. The smallest absolute Gasteiger partial charge is 0.143 e. The minimum Gasteiger partial charge on any atom is -0.391 e. The Balaban J connectivity index is 1.52. The van der Waals surface area contributed by atoms with Crippen molar-refractivity contribution in [1.82, 2.24) is 0 Å². The van der Waals surface area contributed by atoms with Crippen molar-refractivity contribution in [1.29, 1.82) is 0 Å². The number of hydrogen-bond acceptors (Lipinski definition) is 3. The van der Waals surface area contributed by atoms with Crippen molar-refractivity contribution in [2.75, 3.05) is 13.2 Å². The first kappa shape index (κ1) is 22.9. The number of aliphatic hydroxyl groups excluding tert-OH is 1. The van der Waals surface area contributed by atoms with Gasteiger partial charge in [0.15, 0.2) is 0 Å². The second-order valence-corrected chi connectivity index (χ2v) is 8.07. The SMILES string of the molecule is OC(CCOCc1ccccc1)COC(c1ccccc1)(c1ccccc1)c1ccccc1. The van der Waals surface area contributed by atoms with E-state index in [9.17, 15) is 5.11 Å². The second kappa shape index (κ2) is 11.6. The van der Waals surface area contributed by atoms with Crippen LogP contribution >= 0.6 is 0 Å². The van der Waals surface area contributed by atoms with E-state index in [1.807, 2.05) is 84.9 Å². The number of benzene rings is 4. The zero-order valence-electron chi connectivity index (χ0n) is 18.7. The molecule has 0 saturated carbocycles. The molecule has 3 heteroatoms. The maximum atomic E-state index is 10.7. The van der Waals surface area contributed by atoms with E-state index in [-0.39, 0.29) is 6.61 Å². The fraction of sp³-hybridized carbons (Fsp3) is 0.200. The molecule has 3 nitrogen and oxygen atoms in total. The summed E-state index contributed by atoms with van der Waals surface area (Å²) in [5.41, 5.74) is 3.37. The molecule has 4 aromatic rings. The summed E-state index contributed by atoms with van der Waals surface area (Å²) < 4.78 is 12.4. The molecule has 4 rings (SSSR count). The molecular weight excluding hydrogens is 408 g/mol. The highest BCUT2D eigenvalue weighted by Gasteiger charge is 2.37. The minimum atomic E-state index is -0.824. The van der Waals surface area contributed by atoms with Crippen LogP contribution in [0.4, 0.5) is 0 Å². The van der Waals surface area contributed by atoms with Crippen LogP contribution in [0.25, 0.3) is 0 Å². The van der Waals surface area contributed by atoms with Crippen molar-refractivity contribution in [3.8, 4) is 0 Å². The number of ether oxygens (including phenoxy) is 2. The fourth-order valence-electron chi connectivity index (χ4n) is 4.06. The van der Waals surface area contributed by atoms with Gasteiger partial charge < -0.3 is 14.6 Å². The topological polar surface area (TPSA) is 38.7 Å². The summed E-state index contributed by atoms with van der Waals surface area (Å²) in [4.78, 5) is 0. The molecule has 0 aromatic heterocycles. The van der Waals surface area contributed by atoms with Gasteiger partial charge in [-0.1, -0.05) is 121 Å². The maximum absolute atomic E-state index is 10.7. The number of hydrogen-bond donors (Lipinski definition) is 1. The minimum absolute atomic E-state index is 0.188. The maximum Gasteiger partial charge on any atom is 0.143 e. The van der Waals surface area contributed by atoms with E-state index in [4.69, 9.17) is 9.47 Å². The Morgan fingerprint density at radius 2 is 1.03 bits per heavy atom. The first-order chi connectivity index (χ1) is 16.3. The largest absolute Gasteiger partial charge is 0.391 e. The van der Waals surface area contributed by atoms with Gasteiger partial charge in [0.05, 0.1) is 19.3 Å². The van der Waals surface area contributed by atoms with Crippen LogP contribution in [0, 0.1) is 0 Å². The van der Waals surface area contributed by atoms with Crippen molar-refractivity contribution < 1.29 is 14.6 Å². The van der Waals surface area contributed by atoms with Gasteiger partial charge in [0.1, 0.15) is 5.60 Å². The van der Waals surface area contributed by atoms with Crippen molar-refractivity contribution in [2.24, 2.45) is 0 Å². The van der Waals surface area contributed by atoms with E-state index in [1.54, 1.807) is 0 Å². The van der Waals surface area contributed by atoms with Crippen molar-refractivity contribution in [3.05, 3.63) is 144 Å². The number of aliphatic hydroxyl groups is 1. The van der Waals surface area contributed by atoms with Gasteiger partial charge in [-0.15, -0.1) is 0 Å². The molecular formula is C30H30O3. The summed E-state index contributed by atoms with van der Waals surface area (Å²) in [6.45, 7) is 1.19. The van der Waals surface area contributed by atoms with Gasteiger partial charge in [-0.05, 0) is 28.7 Å². The first-order valence-corrected chi connectivity index (χ1v) is 11.4. The van der Waals surface area contributed by atoms with E-state index in [1.165, 1.54) is 0 Å². The molecule has 0 spiro atoms. The Morgan fingerprint density at radius 3 is 1.48 bits per heavy atom. The lowest BCUT2D eigenvalue weighted by molar-refractivity contribution is -0.0474. The van der Waals surface area contributed by atoms with Gasteiger partial charge in [0.2, 0.25) is 0 Å². The van der Waals surface area contributed by atoms with Crippen LogP contribution in [0.2, 0.25) is 0 Å². The zero-order chi connectivity index (χ0) is 22.8. The van der Waals surface area contributed by atoms with Gasteiger partial charge in [-0.25, -0.2) is 0 Å². The summed E-state index contributed by atoms with van der Waals surface area (Å²) in [5.74, 6) is 0. The molecule has 1 unspecified atom stereocenters. The lowest BCUT2D eigenvalue weighted by Gasteiger charge is -2.36. The lowest BCUT2D eigenvalue weighted by atomic mass is 9.80. The van der Waals surface area contributed by atoms with E-state index < -0.39 is 11.7 Å². The molecule has 0 radical (unpaired) electrons. The predicted octanol–water partition coefficient (Wildman–Crippen LogP) is 5.96. The third kappa shape index (κ3) is 5.77. The van der Waals surface area contributed by atoms with E-state index >= 15 is 0 Å². The standard InChI is InChI=1S/C30H30O3/c31-29(21-22-32-23-25-13-5-1-6-14-25)24-33-30(26-15-7-2-8-16-26,27-17-9-3-10-18-27)28-19-11-4-12-20-28/h1-20,29,31H,21-24H2. The molecule has 0 aliphatic rings. The summed E-state index contributed by atoms with van der Waals surface area (Å²) in [6.07, 6.45) is -0.141. The quantitative estimate of drug-likeness (QED) is 0.232. The molecule has 0 heterocycles. The molecule has 33 heavy (non-hydrogen) atoms. The summed E-state index contributed by atoms with van der Waals surface area (Å²) in [5, 5.41) is 10.7. The Kier molecular flexibility index (Phi) is 8.04. The highest BCUT2D eigenvalue weighted by molar-refractivity contribution is 5.47. The molecule has 0 aliphatic heterocycles. The highest BCUT2D eigenvalue weighted by Crippen LogP contribution is 2.40. The summed E-state index contributed by atoms with van der Waals surface area (Å²) >= 11 is 0. The van der Waals surface area contributed by atoms with E-state index in [0.717, 1.165) is 22.3 Å². The number of rotatable bonds is 11.